The molecule has 0 radical (unpaired) electrons. The van der Waals surface area contributed by atoms with E-state index in [1.54, 1.807) is 24.3 Å². The molecule has 2 N–H and O–H groups in total. The summed E-state index contributed by atoms with van der Waals surface area (Å²) in [6.07, 6.45) is 0.695. The summed E-state index contributed by atoms with van der Waals surface area (Å²) >= 11 is 0. The summed E-state index contributed by atoms with van der Waals surface area (Å²) in [4.78, 5) is 25.7. The molecule has 4 rings (SSSR count). The van der Waals surface area contributed by atoms with Crippen LogP contribution in [0.1, 0.15) is 26.3 Å². The second-order valence-corrected chi connectivity index (χ2v) is 9.97. The average molecular weight is 494 g/mol. The monoisotopic (exact) mass is 493 g/mol. The van der Waals surface area contributed by atoms with E-state index in [4.69, 9.17) is 4.74 Å². The summed E-state index contributed by atoms with van der Waals surface area (Å²) in [7, 11) is -3.64. The number of para-hydroxylation sites is 1. The second kappa shape index (κ2) is 11.3. The fourth-order valence-corrected chi connectivity index (χ4v) is 5.17. The normalized spacial score (nSPS) is 14.3. The number of rotatable bonds is 8. The number of sulfonamides is 1. The predicted octanol–water partition coefficient (Wildman–Crippen LogP) is 2.93. The van der Waals surface area contributed by atoms with Crippen molar-refractivity contribution in [3.8, 4) is 0 Å². The number of hydrogen-bond acceptors (Lipinski definition) is 5. The number of benzene rings is 3. The fourth-order valence-electron chi connectivity index (χ4n) is 3.76. The first-order valence-corrected chi connectivity index (χ1v) is 12.8. The molecule has 2 amide bonds. The molecule has 0 saturated carbocycles. The topological polar surface area (TPSA) is 105 Å². The first-order valence-electron chi connectivity index (χ1n) is 11.4. The molecule has 9 heteroatoms. The van der Waals surface area contributed by atoms with Gasteiger partial charge in [0.05, 0.1) is 29.4 Å². The molecule has 182 valence electrons. The van der Waals surface area contributed by atoms with E-state index < -0.39 is 15.9 Å². The van der Waals surface area contributed by atoms with Gasteiger partial charge in [-0.05, 0) is 48.4 Å². The Morgan fingerprint density at radius 2 is 1.49 bits per heavy atom. The van der Waals surface area contributed by atoms with Crippen LogP contribution in [0, 0.1) is 0 Å². The molecule has 1 fully saturated rings. The largest absolute Gasteiger partial charge is 0.379 e. The van der Waals surface area contributed by atoms with Crippen LogP contribution in [0.15, 0.2) is 83.8 Å². The Morgan fingerprint density at radius 1 is 0.829 bits per heavy atom. The van der Waals surface area contributed by atoms with Crippen LogP contribution in [0.4, 0.5) is 5.69 Å². The molecule has 0 unspecified atom stereocenters. The second-order valence-electron chi connectivity index (χ2n) is 8.03. The smallest absolute Gasteiger partial charge is 0.255 e. The minimum atomic E-state index is -3.64. The standard InChI is InChI=1S/C26H27N3O5S/c30-25(21-10-12-22(13-11-21)35(32,33)29-16-18-34-19-17-29)28-24-9-5-4-8-23(24)26(31)27-15-14-20-6-2-1-3-7-20/h1-13H,14-19H2,(H,27,31)(H,28,30). The maximum absolute atomic E-state index is 12.8. The highest BCUT2D eigenvalue weighted by Crippen LogP contribution is 2.20. The Bertz CT molecular complexity index is 1270. The molecule has 1 heterocycles. The summed E-state index contributed by atoms with van der Waals surface area (Å²) in [5, 5.41) is 5.65. The van der Waals surface area contributed by atoms with Gasteiger partial charge in [0.2, 0.25) is 10.0 Å². The minimum absolute atomic E-state index is 0.120. The Balaban J connectivity index is 1.40. The highest BCUT2D eigenvalue weighted by Gasteiger charge is 2.26. The molecule has 1 aliphatic rings. The first-order chi connectivity index (χ1) is 16.9. The minimum Gasteiger partial charge on any atom is -0.379 e. The number of hydrogen-bond donors (Lipinski definition) is 2. The molecule has 1 saturated heterocycles. The van der Waals surface area contributed by atoms with E-state index in [1.807, 2.05) is 30.3 Å². The Hall–Kier alpha value is -3.53. The lowest BCUT2D eigenvalue weighted by molar-refractivity contribution is 0.0730. The zero-order valence-corrected chi connectivity index (χ0v) is 20.0. The number of anilines is 1. The Labute approximate surface area is 205 Å². The summed E-state index contributed by atoms with van der Waals surface area (Å²) < 4.78 is 32.2. The first kappa shape index (κ1) is 24.6. The van der Waals surface area contributed by atoms with Crippen LogP contribution in [0.5, 0.6) is 0 Å². The van der Waals surface area contributed by atoms with Gasteiger partial charge in [0.25, 0.3) is 11.8 Å². The summed E-state index contributed by atoms with van der Waals surface area (Å²) in [6, 6.07) is 22.4. The van der Waals surface area contributed by atoms with Crippen LogP contribution in [0.3, 0.4) is 0 Å². The van der Waals surface area contributed by atoms with E-state index in [1.165, 1.54) is 28.6 Å². The van der Waals surface area contributed by atoms with Crippen molar-refractivity contribution < 1.29 is 22.7 Å². The van der Waals surface area contributed by atoms with Crippen LogP contribution in [0.25, 0.3) is 0 Å². The molecule has 1 aliphatic heterocycles. The summed E-state index contributed by atoms with van der Waals surface area (Å²) in [5.74, 6) is -0.728. The Morgan fingerprint density at radius 3 is 2.20 bits per heavy atom. The van der Waals surface area contributed by atoms with Crippen molar-refractivity contribution in [2.24, 2.45) is 0 Å². The van der Waals surface area contributed by atoms with Crippen molar-refractivity contribution in [2.45, 2.75) is 11.3 Å². The lowest BCUT2D eigenvalue weighted by Gasteiger charge is -2.26. The maximum atomic E-state index is 12.8. The fraction of sp³-hybridized carbons (Fsp3) is 0.231. The van der Waals surface area contributed by atoms with Gasteiger partial charge in [-0.3, -0.25) is 9.59 Å². The van der Waals surface area contributed by atoms with Crippen LogP contribution in [-0.4, -0.2) is 57.4 Å². The summed E-state index contributed by atoms with van der Waals surface area (Å²) in [5.41, 5.74) is 2.12. The van der Waals surface area contributed by atoms with E-state index >= 15 is 0 Å². The van der Waals surface area contributed by atoms with Crippen LogP contribution >= 0.6 is 0 Å². The molecule has 0 spiro atoms. The molecule has 8 nitrogen and oxygen atoms in total. The van der Waals surface area contributed by atoms with E-state index in [2.05, 4.69) is 10.6 Å². The van der Waals surface area contributed by atoms with E-state index in [9.17, 15) is 18.0 Å². The highest BCUT2D eigenvalue weighted by molar-refractivity contribution is 7.89. The highest BCUT2D eigenvalue weighted by atomic mass is 32.2. The van der Waals surface area contributed by atoms with Crippen LogP contribution in [0.2, 0.25) is 0 Å². The van der Waals surface area contributed by atoms with Gasteiger partial charge in [-0.1, -0.05) is 42.5 Å². The molecule has 0 atom stereocenters. The average Bonchev–Trinajstić information content (AvgIpc) is 2.90. The number of nitrogens with zero attached hydrogens (tertiary/aromatic N) is 1. The molecule has 3 aromatic carbocycles. The van der Waals surface area contributed by atoms with Gasteiger partial charge >= 0.3 is 0 Å². The molecule has 3 aromatic rings. The van der Waals surface area contributed by atoms with Crippen molar-refractivity contribution in [3.05, 3.63) is 95.6 Å². The summed E-state index contributed by atoms with van der Waals surface area (Å²) in [6.45, 7) is 1.78. The SMILES string of the molecule is O=C(Nc1ccccc1C(=O)NCCc1ccccc1)c1ccc(S(=O)(=O)N2CCOCC2)cc1. The lowest BCUT2D eigenvalue weighted by Crippen LogP contribution is -2.40. The molecule has 0 aromatic heterocycles. The van der Waals surface area contributed by atoms with Gasteiger partial charge in [-0.15, -0.1) is 0 Å². The molecule has 35 heavy (non-hydrogen) atoms. The number of ether oxygens (including phenoxy) is 1. The number of amides is 2. The van der Waals surface area contributed by atoms with Gasteiger partial charge in [0, 0.05) is 25.2 Å². The van der Waals surface area contributed by atoms with E-state index in [0.717, 1.165) is 5.56 Å². The third-order valence-corrected chi connectivity index (χ3v) is 7.60. The zero-order chi connectivity index (χ0) is 24.7. The van der Waals surface area contributed by atoms with Gasteiger partial charge in [0.1, 0.15) is 0 Å². The van der Waals surface area contributed by atoms with Gasteiger partial charge in [0.15, 0.2) is 0 Å². The quantitative estimate of drug-likeness (QED) is 0.502. The van der Waals surface area contributed by atoms with Crippen molar-refractivity contribution in [1.82, 2.24) is 9.62 Å². The van der Waals surface area contributed by atoms with Crippen molar-refractivity contribution in [1.29, 1.82) is 0 Å². The van der Waals surface area contributed by atoms with Gasteiger partial charge in [-0.2, -0.15) is 4.31 Å². The molecular weight excluding hydrogens is 466 g/mol. The number of nitrogens with one attached hydrogen (secondary N) is 2. The van der Waals surface area contributed by atoms with Crippen molar-refractivity contribution in [2.75, 3.05) is 38.2 Å². The number of morpholine rings is 1. The molecule has 0 bridgehead atoms. The Kier molecular flexibility index (Phi) is 7.91. The third kappa shape index (κ3) is 6.13. The van der Waals surface area contributed by atoms with E-state index in [0.29, 0.717) is 50.5 Å². The van der Waals surface area contributed by atoms with E-state index in [-0.39, 0.29) is 16.4 Å². The third-order valence-electron chi connectivity index (χ3n) is 5.69. The molecular formula is C26H27N3O5S. The molecule has 0 aliphatic carbocycles. The maximum Gasteiger partial charge on any atom is 0.255 e. The van der Waals surface area contributed by atoms with Crippen LogP contribution in [-0.2, 0) is 21.2 Å². The predicted molar refractivity (Wildman–Crippen MR) is 133 cm³/mol. The zero-order valence-electron chi connectivity index (χ0n) is 19.1. The lowest BCUT2D eigenvalue weighted by atomic mass is 10.1. The van der Waals surface area contributed by atoms with Gasteiger partial charge < -0.3 is 15.4 Å². The van der Waals surface area contributed by atoms with Crippen LogP contribution < -0.4 is 10.6 Å². The number of carbonyl (C=O) groups is 2. The van der Waals surface area contributed by atoms with Crippen molar-refractivity contribution in [3.63, 3.8) is 0 Å². The number of carbonyl (C=O) groups excluding carboxylic acids is 2. The van der Waals surface area contributed by atoms with Crippen molar-refractivity contribution >= 4 is 27.5 Å². The van der Waals surface area contributed by atoms with Gasteiger partial charge in [-0.25, -0.2) is 8.42 Å².